The molecule has 0 aromatic carbocycles. The second-order valence-corrected chi connectivity index (χ2v) is 8.44. The molecule has 1 aliphatic carbocycles. The zero-order valence-corrected chi connectivity index (χ0v) is 16.8. The van der Waals surface area contributed by atoms with Crippen LogP contribution in [0.4, 0.5) is 4.79 Å². The molecule has 0 bridgehead atoms. The summed E-state index contributed by atoms with van der Waals surface area (Å²) in [6.45, 7) is 6.81. The molecule has 0 radical (unpaired) electrons. The van der Waals surface area contributed by atoms with Gasteiger partial charge in [-0.3, -0.25) is 10.2 Å². The number of nitrogens with two attached hydrogens (primary N) is 1. The van der Waals surface area contributed by atoms with Crippen molar-refractivity contribution in [3.05, 3.63) is 35.8 Å². The highest BCUT2D eigenvalue weighted by atomic mass is 16.6. The molecule has 0 atom stereocenters. The second-order valence-electron chi connectivity index (χ2n) is 8.44. The molecule has 3 rings (SSSR count). The second kappa shape index (κ2) is 8.18. The number of fused-ring (bicyclic) bond motifs is 1. The van der Waals surface area contributed by atoms with Gasteiger partial charge in [-0.05, 0) is 51.2 Å². The molecule has 2 aromatic heterocycles. The molecule has 1 aliphatic rings. The Labute approximate surface area is 165 Å². The van der Waals surface area contributed by atoms with Gasteiger partial charge >= 0.3 is 6.09 Å². The van der Waals surface area contributed by atoms with E-state index in [9.17, 15) is 9.59 Å². The Morgan fingerprint density at radius 1 is 1.32 bits per heavy atom. The van der Waals surface area contributed by atoms with Crippen LogP contribution in [-0.4, -0.2) is 38.4 Å². The van der Waals surface area contributed by atoms with Gasteiger partial charge in [0.15, 0.2) is 0 Å². The normalized spacial score (nSPS) is 14.6. The molecule has 1 saturated carbocycles. The van der Waals surface area contributed by atoms with Crippen molar-refractivity contribution in [1.29, 1.82) is 0 Å². The van der Waals surface area contributed by atoms with Gasteiger partial charge in [0.25, 0.3) is 0 Å². The van der Waals surface area contributed by atoms with Crippen molar-refractivity contribution >= 4 is 17.6 Å². The number of hydrogen-bond acceptors (Lipinski definition) is 5. The highest BCUT2D eigenvalue weighted by Crippen LogP contribution is 2.28. The predicted molar refractivity (Wildman–Crippen MR) is 105 cm³/mol. The number of hydrogen-bond donors (Lipinski definition) is 2. The number of imidazole rings is 1. The molecule has 1 fully saturated rings. The molecule has 152 valence electrons. The Balaban J connectivity index is 1.75. The first-order valence-electron chi connectivity index (χ1n) is 9.67. The third-order valence-corrected chi connectivity index (χ3v) is 4.79. The summed E-state index contributed by atoms with van der Waals surface area (Å²) in [4.78, 5) is 30.3. The number of rotatable bonds is 6. The number of amides is 2. The SMILES string of the molecule is CC(C)(C)OC(=O)N(Cc1ccc2nc(CC(=O)NN)cn2c1)CC1CCC1. The standard InChI is InChI=1S/C20H29N5O3/c1-20(2,3)28-19(27)25(10-14-5-4-6-14)12-15-7-8-17-22-16(9-18(26)23-21)13-24(17)11-15/h7-8,11,13-14H,4-6,9-10,12,21H2,1-3H3,(H,23,26). The first kappa shape index (κ1) is 20.1. The van der Waals surface area contributed by atoms with Crippen molar-refractivity contribution in [3.63, 3.8) is 0 Å². The van der Waals surface area contributed by atoms with Crippen molar-refractivity contribution in [3.8, 4) is 0 Å². The summed E-state index contributed by atoms with van der Waals surface area (Å²) in [5, 5.41) is 0. The minimum atomic E-state index is -0.526. The van der Waals surface area contributed by atoms with Crippen LogP contribution in [0.2, 0.25) is 0 Å². The van der Waals surface area contributed by atoms with Crippen molar-refractivity contribution in [2.24, 2.45) is 11.8 Å². The predicted octanol–water partition coefficient (Wildman–Crippen LogP) is 2.40. The number of pyridine rings is 1. The fourth-order valence-corrected chi connectivity index (χ4v) is 3.22. The minimum Gasteiger partial charge on any atom is -0.444 e. The average molecular weight is 387 g/mol. The van der Waals surface area contributed by atoms with Gasteiger partial charge in [0.2, 0.25) is 5.91 Å². The van der Waals surface area contributed by atoms with Gasteiger partial charge in [-0.1, -0.05) is 12.5 Å². The van der Waals surface area contributed by atoms with Crippen LogP contribution in [-0.2, 0) is 22.5 Å². The maximum Gasteiger partial charge on any atom is 0.410 e. The lowest BCUT2D eigenvalue weighted by atomic mass is 9.85. The largest absolute Gasteiger partial charge is 0.444 e. The number of carbonyl (C=O) groups is 2. The molecule has 2 amide bonds. The van der Waals surface area contributed by atoms with E-state index in [0.717, 1.165) is 24.1 Å². The van der Waals surface area contributed by atoms with Crippen LogP contribution in [0.15, 0.2) is 24.5 Å². The quantitative estimate of drug-likeness (QED) is 0.450. The van der Waals surface area contributed by atoms with E-state index >= 15 is 0 Å². The van der Waals surface area contributed by atoms with Crippen LogP contribution >= 0.6 is 0 Å². The third kappa shape index (κ3) is 5.22. The Hall–Kier alpha value is -2.61. The van der Waals surface area contributed by atoms with Crippen molar-refractivity contribution in [2.45, 2.75) is 58.6 Å². The molecule has 3 N–H and O–H groups in total. The lowest BCUT2D eigenvalue weighted by Gasteiger charge is -2.33. The summed E-state index contributed by atoms with van der Waals surface area (Å²) in [5.41, 5.74) is 3.94. The molecular weight excluding hydrogens is 358 g/mol. The monoisotopic (exact) mass is 387 g/mol. The zero-order valence-electron chi connectivity index (χ0n) is 16.8. The topological polar surface area (TPSA) is 102 Å². The smallest absolute Gasteiger partial charge is 0.410 e. The van der Waals surface area contributed by atoms with Gasteiger partial charge in [0.05, 0.1) is 18.7 Å². The highest BCUT2D eigenvalue weighted by molar-refractivity contribution is 5.77. The summed E-state index contributed by atoms with van der Waals surface area (Å²) in [6.07, 6.45) is 7.12. The summed E-state index contributed by atoms with van der Waals surface area (Å²) in [7, 11) is 0. The number of hydrazine groups is 1. The van der Waals surface area contributed by atoms with Gasteiger partial charge < -0.3 is 14.0 Å². The maximum atomic E-state index is 12.7. The van der Waals surface area contributed by atoms with Crippen LogP contribution in [0.5, 0.6) is 0 Å². The van der Waals surface area contributed by atoms with E-state index in [-0.39, 0.29) is 18.4 Å². The molecule has 0 unspecified atom stereocenters. The van der Waals surface area contributed by atoms with Gasteiger partial charge in [-0.15, -0.1) is 0 Å². The summed E-state index contributed by atoms with van der Waals surface area (Å²) < 4.78 is 7.47. The molecule has 2 aromatic rings. The van der Waals surface area contributed by atoms with Crippen molar-refractivity contribution < 1.29 is 14.3 Å². The van der Waals surface area contributed by atoms with Gasteiger partial charge in [-0.2, -0.15) is 0 Å². The van der Waals surface area contributed by atoms with Crippen molar-refractivity contribution in [1.82, 2.24) is 19.7 Å². The number of nitrogens with one attached hydrogen (secondary N) is 1. The number of nitrogens with zero attached hydrogens (tertiary/aromatic N) is 3. The van der Waals surface area contributed by atoms with E-state index in [2.05, 4.69) is 10.4 Å². The van der Waals surface area contributed by atoms with Crippen LogP contribution in [0.25, 0.3) is 5.65 Å². The Bertz CT molecular complexity index is 851. The van der Waals surface area contributed by atoms with E-state index < -0.39 is 5.60 Å². The number of ether oxygens (including phenoxy) is 1. The van der Waals surface area contributed by atoms with E-state index in [1.54, 1.807) is 11.1 Å². The minimum absolute atomic E-state index is 0.124. The van der Waals surface area contributed by atoms with E-state index in [0.29, 0.717) is 24.7 Å². The van der Waals surface area contributed by atoms with Crippen LogP contribution in [0.3, 0.4) is 0 Å². The molecule has 0 spiro atoms. The molecule has 8 heteroatoms. The molecule has 8 nitrogen and oxygen atoms in total. The van der Waals surface area contributed by atoms with Crippen LogP contribution in [0.1, 0.15) is 51.3 Å². The zero-order chi connectivity index (χ0) is 20.3. The fraction of sp³-hybridized carbons (Fsp3) is 0.550. The van der Waals surface area contributed by atoms with Gasteiger partial charge in [0.1, 0.15) is 11.2 Å². The maximum absolute atomic E-state index is 12.7. The first-order valence-corrected chi connectivity index (χ1v) is 9.67. The molecule has 0 aliphatic heterocycles. The van der Waals surface area contributed by atoms with E-state index in [4.69, 9.17) is 10.6 Å². The summed E-state index contributed by atoms with van der Waals surface area (Å²) in [6, 6.07) is 3.84. The molecule has 2 heterocycles. The molecule has 28 heavy (non-hydrogen) atoms. The van der Waals surface area contributed by atoms with Crippen LogP contribution in [0, 0.1) is 5.92 Å². The molecular formula is C20H29N5O3. The van der Waals surface area contributed by atoms with Gasteiger partial charge in [0, 0.05) is 18.9 Å². The van der Waals surface area contributed by atoms with Gasteiger partial charge in [-0.25, -0.2) is 15.6 Å². The lowest BCUT2D eigenvalue weighted by Crippen LogP contribution is -2.40. The van der Waals surface area contributed by atoms with Crippen molar-refractivity contribution in [2.75, 3.05) is 6.54 Å². The Morgan fingerprint density at radius 2 is 2.07 bits per heavy atom. The fourth-order valence-electron chi connectivity index (χ4n) is 3.22. The first-order chi connectivity index (χ1) is 13.2. The molecule has 0 saturated heterocycles. The van der Waals surface area contributed by atoms with Crippen LogP contribution < -0.4 is 11.3 Å². The third-order valence-electron chi connectivity index (χ3n) is 4.79. The summed E-state index contributed by atoms with van der Waals surface area (Å²) in [5.74, 6) is 5.39. The van der Waals surface area contributed by atoms with E-state index in [1.165, 1.54) is 6.42 Å². The number of aromatic nitrogens is 2. The average Bonchev–Trinajstić information content (AvgIpc) is 2.96. The Morgan fingerprint density at radius 3 is 2.68 bits per heavy atom. The highest BCUT2D eigenvalue weighted by Gasteiger charge is 2.27. The number of carbonyl (C=O) groups excluding carboxylic acids is 2. The summed E-state index contributed by atoms with van der Waals surface area (Å²) >= 11 is 0. The Kier molecular flexibility index (Phi) is 5.88. The van der Waals surface area contributed by atoms with E-state index in [1.807, 2.05) is 43.5 Å². The lowest BCUT2D eigenvalue weighted by molar-refractivity contribution is -0.120.